The molecule has 1 aliphatic heterocycles. The smallest absolute Gasteiger partial charge is 0.229 e. The van der Waals surface area contributed by atoms with Crippen molar-refractivity contribution in [1.29, 1.82) is 0 Å². The van der Waals surface area contributed by atoms with Crippen LogP contribution in [-0.4, -0.2) is 44.8 Å². The number of aromatic nitrogens is 3. The minimum atomic E-state index is -0.172. The molecule has 0 bridgehead atoms. The Hall–Kier alpha value is -2.39. The number of hydrogen-bond acceptors (Lipinski definition) is 7. The Balaban J connectivity index is 1.69. The number of rotatable bonds is 4. The average Bonchev–Trinajstić information content (AvgIpc) is 2.92. The number of thiazole rings is 1. The normalized spacial score (nSPS) is 15.7. The summed E-state index contributed by atoms with van der Waals surface area (Å²) in [7, 11) is 0. The number of anilines is 2. The zero-order valence-electron chi connectivity index (χ0n) is 15.1. The van der Waals surface area contributed by atoms with Crippen LogP contribution in [0.1, 0.15) is 42.9 Å². The van der Waals surface area contributed by atoms with Crippen molar-refractivity contribution in [3.05, 3.63) is 28.5 Å². The molecule has 2 N–H and O–H groups in total. The van der Waals surface area contributed by atoms with Gasteiger partial charge in [0.1, 0.15) is 0 Å². The Kier molecular flexibility index (Phi) is 5.58. The van der Waals surface area contributed by atoms with Crippen LogP contribution in [0.2, 0.25) is 0 Å². The summed E-state index contributed by atoms with van der Waals surface area (Å²) in [6.45, 7) is 6.83. The lowest BCUT2D eigenvalue weighted by molar-refractivity contribution is -0.115. The van der Waals surface area contributed by atoms with Crippen LogP contribution in [0.3, 0.4) is 0 Å². The van der Waals surface area contributed by atoms with Gasteiger partial charge >= 0.3 is 0 Å². The molecule has 138 valence electrons. The molecule has 2 aromatic heterocycles. The molecule has 0 aromatic carbocycles. The van der Waals surface area contributed by atoms with Gasteiger partial charge in [-0.1, -0.05) is 0 Å². The molecule has 1 aliphatic rings. The Labute approximate surface area is 156 Å². The largest absolute Gasteiger partial charge is 0.302 e. The van der Waals surface area contributed by atoms with Crippen LogP contribution in [0.5, 0.6) is 0 Å². The van der Waals surface area contributed by atoms with E-state index in [0.29, 0.717) is 11.1 Å². The predicted octanol–water partition coefficient (Wildman–Crippen LogP) is 2.01. The fourth-order valence-electron chi connectivity index (χ4n) is 2.97. The lowest BCUT2D eigenvalue weighted by atomic mass is 10.1. The van der Waals surface area contributed by atoms with Gasteiger partial charge in [0, 0.05) is 56.7 Å². The minimum absolute atomic E-state index is 0.114. The molecule has 1 atom stereocenters. The first-order valence-corrected chi connectivity index (χ1v) is 9.33. The quantitative estimate of drug-likeness (QED) is 0.849. The summed E-state index contributed by atoms with van der Waals surface area (Å²) in [6, 6.07) is 0.201. The van der Waals surface area contributed by atoms with Gasteiger partial charge in [-0.15, -0.1) is 11.3 Å². The third kappa shape index (κ3) is 4.41. The summed E-state index contributed by atoms with van der Waals surface area (Å²) in [6.07, 6.45) is 5.29. The Morgan fingerprint density at radius 2 is 1.85 bits per heavy atom. The summed E-state index contributed by atoms with van der Waals surface area (Å²) in [4.78, 5) is 38.8. The van der Waals surface area contributed by atoms with Gasteiger partial charge < -0.3 is 5.32 Å². The molecule has 0 unspecified atom stereocenters. The van der Waals surface area contributed by atoms with Gasteiger partial charge in [0.05, 0.1) is 5.69 Å². The maximum absolute atomic E-state index is 11.2. The van der Waals surface area contributed by atoms with E-state index in [4.69, 9.17) is 0 Å². The summed E-state index contributed by atoms with van der Waals surface area (Å²) >= 11 is 1.50. The van der Waals surface area contributed by atoms with Gasteiger partial charge in [0.25, 0.3) is 0 Å². The lowest BCUT2D eigenvalue weighted by Crippen LogP contribution is -2.29. The molecule has 3 rings (SSSR count). The standard InChI is InChI=1S/C17H22N6O2S/c1-10(15-9-19-17(26-15)21-12(3)25)23-6-4-13-8-18-16(20-11(2)24)22-14(13)5-7-23/h8-10H,4-7H2,1-3H3,(H,19,21,25)(H,18,20,22,24)/t10-/m1/s1. The zero-order chi connectivity index (χ0) is 18.7. The molecule has 3 heterocycles. The first kappa shape index (κ1) is 18.4. The average molecular weight is 374 g/mol. The maximum Gasteiger partial charge on any atom is 0.229 e. The molecular formula is C17H22N6O2S. The zero-order valence-corrected chi connectivity index (χ0v) is 15.9. The van der Waals surface area contributed by atoms with Crippen LogP contribution in [0.15, 0.2) is 12.4 Å². The van der Waals surface area contributed by atoms with E-state index in [9.17, 15) is 9.59 Å². The van der Waals surface area contributed by atoms with Gasteiger partial charge in [0.2, 0.25) is 17.8 Å². The highest BCUT2D eigenvalue weighted by Gasteiger charge is 2.22. The molecular weight excluding hydrogens is 352 g/mol. The Morgan fingerprint density at radius 1 is 1.12 bits per heavy atom. The van der Waals surface area contributed by atoms with Crippen molar-refractivity contribution in [2.75, 3.05) is 23.7 Å². The molecule has 2 amide bonds. The van der Waals surface area contributed by atoms with Crippen molar-refractivity contribution in [2.45, 2.75) is 39.7 Å². The van der Waals surface area contributed by atoms with Crippen LogP contribution in [0, 0.1) is 0 Å². The summed E-state index contributed by atoms with van der Waals surface area (Å²) in [5.41, 5.74) is 2.11. The molecule has 0 aliphatic carbocycles. The molecule has 0 spiro atoms. The second-order valence-corrected chi connectivity index (χ2v) is 7.37. The fraction of sp³-hybridized carbons (Fsp3) is 0.471. The van der Waals surface area contributed by atoms with Crippen molar-refractivity contribution in [1.82, 2.24) is 19.9 Å². The number of fused-ring (bicyclic) bond motifs is 1. The SMILES string of the molecule is CC(=O)Nc1ncc2c(n1)CCN([C@H](C)c1cnc(NC(C)=O)s1)CC2. The van der Waals surface area contributed by atoms with Gasteiger partial charge in [0.15, 0.2) is 5.13 Å². The maximum atomic E-state index is 11.2. The van der Waals surface area contributed by atoms with E-state index in [-0.39, 0.29) is 17.9 Å². The van der Waals surface area contributed by atoms with E-state index in [1.807, 2.05) is 12.4 Å². The summed E-state index contributed by atoms with van der Waals surface area (Å²) in [5.74, 6) is 0.0754. The highest BCUT2D eigenvalue weighted by atomic mass is 32.1. The Bertz CT molecular complexity index is 821. The number of amides is 2. The van der Waals surface area contributed by atoms with Gasteiger partial charge in [-0.2, -0.15) is 0 Å². The van der Waals surface area contributed by atoms with Crippen molar-refractivity contribution in [2.24, 2.45) is 0 Å². The van der Waals surface area contributed by atoms with Crippen LogP contribution in [-0.2, 0) is 22.4 Å². The number of hydrogen-bond donors (Lipinski definition) is 2. The number of carbonyl (C=O) groups excluding carboxylic acids is 2. The van der Waals surface area contributed by atoms with E-state index in [0.717, 1.165) is 42.1 Å². The monoisotopic (exact) mass is 374 g/mol. The predicted molar refractivity (Wildman–Crippen MR) is 100 cm³/mol. The first-order valence-electron chi connectivity index (χ1n) is 8.52. The van der Waals surface area contributed by atoms with Gasteiger partial charge in [-0.25, -0.2) is 15.0 Å². The van der Waals surface area contributed by atoms with Crippen LogP contribution < -0.4 is 10.6 Å². The van der Waals surface area contributed by atoms with Crippen LogP contribution in [0.4, 0.5) is 11.1 Å². The van der Waals surface area contributed by atoms with Gasteiger partial charge in [-0.05, 0) is 18.9 Å². The third-order valence-corrected chi connectivity index (χ3v) is 5.40. The van der Waals surface area contributed by atoms with Crippen molar-refractivity contribution >= 4 is 34.2 Å². The van der Waals surface area contributed by atoms with E-state index >= 15 is 0 Å². The number of carbonyl (C=O) groups is 2. The fourth-order valence-corrected chi connectivity index (χ4v) is 3.91. The summed E-state index contributed by atoms with van der Waals surface area (Å²) < 4.78 is 0. The number of nitrogens with one attached hydrogen (secondary N) is 2. The van der Waals surface area contributed by atoms with Crippen molar-refractivity contribution < 1.29 is 9.59 Å². The van der Waals surface area contributed by atoms with Gasteiger partial charge in [-0.3, -0.25) is 19.8 Å². The highest BCUT2D eigenvalue weighted by Crippen LogP contribution is 2.30. The second kappa shape index (κ2) is 7.88. The van der Waals surface area contributed by atoms with E-state index in [2.05, 4.69) is 37.4 Å². The topological polar surface area (TPSA) is 100 Å². The molecule has 9 heteroatoms. The second-order valence-electron chi connectivity index (χ2n) is 6.31. The summed E-state index contributed by atoms with van der Waals surface area (Å²) in [5, 5.41) is 5.99. The van der Waals surface area contributed by atoms with Crippen LogP contribution in [0.25, 0.3) is 0 Å². The molecule has 2 aromatic rings. The van der Waals surface area contributed by atoms with E-state index < -0.39 is 0 Å². The van der Waals surface area contributed by atoms with E-state index in [1.165, 1.54) is 25.2 Å². The molecule has 0 radical (unpaired) electrons. The van der Waals surface area contributed by atoms with Crippen molar-refractivity contribution in [3.63, 3.8) is 0 Å². The highest BCUT2D eigenvalue weighted by molar-refractivity contribution is 7.15. The third-order valence-electron chi connectivity index (χ3n) is 4.31. The Morgan fingerprint density at radius 3 is 2.58 bits per heavy atom. The lowest BCUT2D eigenvalue weighted by Gasteiger charge is -2.26. The van der Waals surface area contributed by atoms with Crippen LogP contribution >= 0.6 is 11.3 Å². The molecule has 8 nitrogen and oxygen atoms in total. The minimum Gasteiger partial charge on any atom is -0.302 e. The molecule has 26 heavy (non-hydrogen) atoms. The van der Waals surface area contributed by atoms with Crippen molar-refractivity contribution in [3.8, 4) is 0 Å². The molecule has 0 saturated carbocycles. The molecule has 0 fully saturated rings. The first-order chi connectivity index (χ1) is 12.4. The molecule has 0 saturated heterocycles. The number of nitrogens with zero attached hydrogens (tertiary/aromatic N) is 4. The van der Waals surface area contributed by atoms with E-state index in [1.54, 1.807) is 0 Å².